The van der Waals surface area contributed by atoms with Crippen LogP contribution in [-0.4, -0.2) is 11.7 Å². The average Bonchev–Trinajstić information content (AvgIpc) is 2.90. The highest BCUT2D eigenvalue weighted by atomic mass is 16.7. The number of hydrogen-bond acceptors (Lipinski definition) is 3. The van der Waals surface area contributed by atoms with Crippen molar-refractivity contribution in [2.75, 3.05) is 0 Å². The molecule has 0 heterocycles. The Morgan fingerprint density at radius 1 is 0.962 bits per heavy atom. The predicted octanol–water partition coefficient (Wildman–Crippen LogP) is 5.84. The largest absolute Gasteiger partial charge is 0.331 e. The van der Waals surface area contributed by atoms with Crippen LogP contribution in [0.5, 0.6) is 0 Å². The van der Waals surface area contributed by atoms with E-state index in [1.807, 2.05) is 6.92 Å². The summed E-state index contributed by atoms with van der Waals surface area (Å²) in [5.74, 6) is -0.399. The second-order valence-corrected chi connectivity index (χ2v) is 7.15. The van der Waals surface area contributed by atoms with Gasteiger partial charge in [-0.05, 0) is 53.6 Å². The van der Waals surface area contributed by atoms with E-state index in [4.69, 9.17) is 4.84 Å². The van der Waals surface area contributed by atoms with Crippen molar-refractivity contribution in [1.82, 2.24) is 0 Å². The SMILES string of the molecule is CCCC1(CCC)c2ccccc2-c2ccc(/C(C)=N\OC(C)=O)cc21. The molecule has 0 saturated carbocycles. The summed E-state index contributed by atoms with van der Waals surface area (Å²) < 4.78 is 0. The van der Waals surface area contributed by atoms with Crippen molar-refractivity contribution < 1.29 is 9.63 Å². The van der Waals surface area contributed by atoms with Crippen LogP contribution in [0.1, 0.15) is 70.1 Å². The molecule has 0 aromatic heterocycles. The van der Waals surface area contributed by atoms with Crippen molar-refractivity contribution in [3.63, 3.8) is 0 Å². The molecule has 26 heavy (non-hydrogen) atoms. The number of fused-ring (bicyclic) bond motifs is 3. The summed E-state index contributed by atoms with van der Waals surface area (Å²) >= 11 is 0. The van der Waals surface area contributed by atoms with Gasteiger partial charge in [-0.25, -0.2) is 4.79 Å². The van der Waals surface area contributed by atoms with Crippen LogP contribution in [0.4, 0.5) is 0 Å². The summed E-state index contributed by atoms with van der Waals surface area (Å²) in [6.45, 7) is 7.77. The first-order chi connectivity index (χ1) is 12.5. The first-order valence-electron chi connectivity index (χ1n) is 9.50. The lowest BCUT2D eigenvalue weighted by Crippen LogP contribution is -2.25. The predicted molar refractivity (Wildman–Crippen MR) is 106 cm³/mol. The third kappa shape index (κ3) is 3.07. The first-order valence-corrected chi connectivity index (χ1v) is 9.50. The molecule has 136 valence electrons. The summed E-state index contributed by atoms with van der Waals surface area (Å²) in [5.41, 5.74) is 7.31. The number of benzene rings is 2. The van der Waals surface area contributed by atoms with Crippen LogP contribution in [0.25, 0.3) is 11.1 Å². The molecule has 1 aliphatic rings. The van der Waals surface area contributed by atoms with Crippen molar-refractivity contribution in [3.05, 3.63) is 59.2 Å². The normalized spacial score (nSPS) is 14.7. The van der Waals surface area contributed by atoms with E-state index in [0.717, 1.165) is 37.0 Å². The molecular weight excluding hydrogens is 322 g/mol. The van der Waals surface area contributed by atoms with Crippen LogP contribution in [0, 0.1) is 0 Å². The molecule has 0 radical (unpaired) electrons. The van der Waals surface area contributed by atoms with E-state index in [1.165, 1.54) is 29.2 Å². The van der Waals surface area contributed by atoms with E-state index in [0.29, 0.717) is 0 Å². The van der Waals surface area contributed by atoms with Gasteiger partial charge in [0.1, 0.15) is 0 Å². The fourth-order valence-corrected chi connectivity index (χ4v) is 4.38. The van der Waals surface area contributed by atoms with Crippen molar-refractivity contribution in [1.29, 1.82) is 0 Å². The molecule has 0 amide bonds. The number of oxime groups is 1. The van der Waals surface area contributed by atoms with Crippen LogP contribution >= 0.6 is 0 Å². The van der Waals surface area contributed by atoms with Crippen LogP contribution in [0.15, 0.2) is 47.6 Å². The zero-order chi connectivity index (χ0) is 18.7. The lowest BCUT2D eigenvalue weighted by Gasteiger charge is -2.32. The molecule has 0 bridgehead atoms. The van der Waals surface area contributed by atoms with E-state index in [-0.39, 0.29) is 5.41 Å². The zero-order valence-electron chi connectivity index (χ0n) is 16.1. The van der Waals surface area contributed by atoms with Gasteiger partial charge in [0.25, 0.3) is 0 Å². The smallest absolute Gasteiger partial charge is 0.318 e. The van der Waals surface area contributed by atoms with E-state index in [9.17, 15) is 4.79 Å². The summed E-state index contributed by atoms with van der Waals surface area (Å²) in [6.07, 6.45) is 4.54. The molecular formula is C23H27NO2. The molecule has 2 aromatic carbocycles. The number of hydrogen-bond donors (Lipinski definition) is 0. The number of rotatable bonds is 6. The number of carbonyl (C=O) groups excluding carboxylic acids is 1. The van der Waals surface area contributed by atoms with Crippen LogP contribution in [0.2, 0.25) is 0 Å². The fraction of sp³-hybridized carbons (Fsp3) is 0.391. The highest BCUT2D eigenvalue weighted by molar-refractivity contribution is 6.00. The van der Waals surface area contributed by atoms with Gasteiger partial charge in [0.15, 0.2) is 0 Å². The highest BCUT2D eigenvalue weighted by Crippen LogP contribution is 2.53. The monoisotopic (exact) mass is 349 g/mol. The lowest BCUT2D eigenvalue weighted by atomic mass is 9.71. The van der Waals surface area contributed by atoms with Gasteiger partial charge in [0, 0.05) is 12.3 Å². The van der Waals surface area contributed by atoms with Gasteiger partial charge >= 0.3 is 5.97 Å². The maximum absolute atomic E-state index is 11.1. The van der Waals surface area contributed by atoms with Gasteiger partial charge < -0.3 is 4.84 Å². The van der Waals surface area contributed by atoms with Crippen LogP contribution < -0.4 is 0 Å². The van der Waals surface area contributed by atoms with E-state index < -0.39 is 5.97 Å². The Kier molecular flexibility index (Phi) is 5.26. The van der Waals surface area contributed by atoms with Gasteiger partial charge in [0.05, 0.1) is 5.71 Å². The number of nitrogens with zero attached hydrogens (tertiary/aromatic N) is 1. The molecule has 0 atom stereocenters. The summed E-state index contributed by atoms with van der Waals surface area (Å²) in [6, 6.07) is 15.3. The van der Waals surface area contributed by atoms with Crippen molar-refractivity contribution in [2.45, 2.75) is 58.8 Å². The maximum Gasteiger partial charge on any atom is 0.331 e. The minimum absolute atomic E-state index is 0.0626. The summed E-state index contributed by atoms with van der Waals surface area (Å²) in [4.78, 5) is 15.9. The molecule has 0 spiro atoms. The molecule has 0 aliphatic heterocycles. The van der Waals surface area contributed by atoms with Gasteiger partial charge in [-0.1, -0.05) is 68.2 Å². The molecule has 3 nitrogen and oxygen atoms in total. The molecule has 0 fully saturated rings. The molecule has 1 aliphatic carbocycles. The molecule has 0 unspecified atom stereocenters. The Labute approximate surface area is 156 Å². The van der Waals surface area contributed by atoms with Crippen LogP contribution in [-0.2, 0) is 15.0 Å². The summed E-state index contributed by atoms with van der Waals surface area (Å²) in [5, 5.41) is 3.98. The van der Waals surface area contributed by atoms with E-state index >= 15 is 0 Å². The third-order valence-electron chi connectivity index (χ3n) is 5.35. The van der Waals surface area contributed by atoms with Crippen molar-refractivity contribution in [2.24, 2.45) is 5.16 Å². The fourth-order valence-electron chi connectivity index (χ4n) is 4.38. The first kappa shape index (κ1) is 18.4. The second-order valence-electron chi connectivity index (χ2n) is 7.15. The Morgan fingerprint density at radius 3 is 2.27 bits per heavy atom. The Balaban J connectivity index is 2.16. The van der Waals surface area contributed by atoms with Gasteiger partial charge in [-0.15, -0.1) is 0 Å². The van der Waals surface area contributed by atoms with Gasteiger partial charge in [0.2, 0.25) is 0 Å². The Morgan fingerprint density at radius 2 is 1.62 bits per heavy atom. The van der Waals surface area contributed by atoms with E-state index in [1.54, 1.807) is 0 Å². The standard InChI is InChI=1S/C23H27NO2/c1-5-13-23(14-6-2)21-10-8-7-9-19(21)20-12-11-18(15-22(20)23)16(3)24-26-17(4)25/h7-12,15H,5-6,13-14H2,1-4H3/b24-16-. The van der Waals surface area contributed by atoms with Gasteiger partial charge in [-0.2, -0.15) is 0 Å². The zero-order valence-corrected chi connectivity index (χ0v) is 16.1. The molecule has 0 saturated heterocycles. The van der Waals surface area contributed by atoms with Crippen molar-refractivity contribution >= 4 is 11.7 Å². The Bertz CT molecular complexity index is 845. The third-order valence-corrected chi connectivity index (χ3v) is 5.35. The van der Waals surface area contributed by atoms with Crippen molar-refractivity contribution in [3.8, 4) is 11.1 Å². The number of carbonyl (C=O) groups is 1. The molecule has 3 rings (SSSR count). The summed E-state index contributed by atoms with van der Waals surface area (Å²) in [7, 11) is 0. The molecule has 3 heteroatoms. The average molecular weight is 349 g/mol. The minimum atomic E-state index is -0.399. The second kappa shape index (κ2) is 7.45. The Hall–Kier alpha value is -2.42. The molecule has 2 aromatic rings. The maximum atomic E-state index is 11.1. The van der Waals surface area contributed by atoms with Crippen LogP contribution in [0.3, 0.4) is 0 Å². The van der Waals surface area contributed by atoms with Gasteiger partial charge in [-0.3, -0.25) is 0 Å². The minimum Gasteiger partial charge on any atom is -0.318 e. The molecule has 0 N–H and O–H groups in total. The quantitative estimate of drug-likeness (QED) is 0.373. The van der Waals surface area contributed by atoms with E-state index in [2.05, 4.69) is 61.5 Å². The highest BCUT2D eigenvalue weighted by Gasteiger charge is 2.41. The lowest BCUT2D eigenvalue weighted by molar-refractivity contribution is -0.140. The topological polar surface area (TPSA) is 38.7 Å².